The molecule has 0 amide bonds. The topological polar surface area (TPSA) is 69.2 Å². The van der Waals surface area contributed by atoms with Crippen LogP contribution in [0.2, 0.25) is 0 Å². The molecule has 0 atom stereocenters. The molecule has 0 aliphatic rings. The normalized spacial score (nSPS) is 8.18. The van der Waals surface area contributed by atoms with Gasteiger partial charge in [0.25, 0.3) is 0 Å². The van der Waals surface area contributed by atoms with Crippen LogP contribution in [0.5, 0.6) is 17.2 Å². The Labute approximate surface area is 171 Å². The Morgan fingerprint density at radius 3 is 0.636 bits per heavy atom. The van der Waals surface area contributed by atoms with Crippen LogP contribution < -0.4 is 15.3 Å². The van der Waals surface area contributed by atoms with Gasteiger partial charge >= 0.3 is 49.4 Å². The van der Waals surface area contributed by atoms with E-state index in [4.69, 9.17) is 0 Å². The van der Waals surface area contributed by atoms with E-state index >= 15 is 0 Å². The fraction of sp³-hybridized carbons (Fsp3) is 0. The molecule has 0 saturated carbocycles. The fourth-order valence-corrected chi connectivity index (χ4v) is 1.26. The molecule has 0 bridgehead atoms. The molecule has 3 aromatic carbocycles. The Bertz CT molecular complexity index is 497. The molecule has 4 heteroatoms. The molecule has 22 heavy (non-hydrogen) atoms. The molecule has 0 N–H and O–H groups in total. The number of rotatable bonds is 0. The zero-order valence-electron chi connectivity index (χ0n) is 11.8. The van der Waals surface area contributed by atoms with Gasteiger partial charge in [0, 0.05) is 0 Å². The maximum atomic E-state index is 10.3. The van der Waals surface area contributed by atoms with E-state index in [0.29, 0.717) is 0 Å². The van der Waals surface area contributed by atoms with Crippen molar-refractivity contribution in [3.63, 3.8) is 0 Å². The summed E-state index contributed by atoms with van der Waals surface area (Å²) in [7, 11) is 0. The second-order valence-corrected chi connectivity index (χ2v) is 3.94. The van der Waals surface area contributed by atoms with Crippen LogP contribution in [-0.4, -0.2) is 0 Å². The predicted octanol–water partition coefficient (Wildman–Crippen LogP) is 2.28. The third kappa shape index (κ3) is 11.3. The van der Waals surface area contributed by atoms with Crippen LogP contribution in [0.1, 0.15) is 0 Å². The quantitative estimate of drug-likeness (QED) is 0.549. The Morgan fingerprint density at radius 1 is 0.364 bits per heavy atom. The minimum Gasteiger partial charge on any atom is -0.872 e. The SMILES string of the molecule is [Eu+3].[O-]c1ccccc1.[O-]c1ccccc1.[O-]c1ccccc1. The summed E-state index contributed by atoms with van der Waals surface area (Å²) in [6, 6.07) is 25.0. The van der Waals surface area contributed by atoms with Crippen molar-refractivity contribution in [2.24, 2.45) is 0 Å². The molecule has 3 aromatic rings. The zero-order valence-corrected chi connectivity index (χ0v) is 14.2. The Balaban J connectivity index is 0.000000294. The van der Waals surface area contributed by atoms with Gasteiger partial charge in [-0.2, -0.15) is 0 Å². The van der Waals surface area contributed by atoms with E-state index in [-0.39, 0.29) is 66.6 Å². The predicted molar refractivity (Wildman–Crippen MR) is 77.7 cm³/mol. The van der Waals surface area contributed by atoms with Crippen LogP contribution in [0.25, 0.3) is 0 Å². The van der Waals surface area contributed by atoms with E-state index < -0.39 is 0 Å². The largest absolute Gasteiger partial charge is 3.00 e. The number of hydrogen-bond acceptors (Lipinski definition) is 3. The van der Waals surface area contributed by atoms with E-state index in [1.807, 2.05) is 18.2 Å². The van der Waals surface area contributed by atoms with Crippen LogP contribution in [-0.2, 0) is 0 Å². The van der Waals surface area contributed by atoms with Gasteiger partial charge in [-0.3, -0.25) is 0 Å². The molecule has 0 aliphatic carbocycles. The number of benzene rings is 3. The zero-order chi connectivity index (χ0) is 15.3. The van der Waals surface area contributed by atoms with E-state index in [9.17, 15) is 15.3 Å². The van der Waals surface area contributed by atoms with Gasteiger partial charge in [0.1, 0.15) is 0 Å². The molecule has 0 saturated heterocycles. The van der Waals surface area contributed by atoms with Crippen LogP contribution in [0.15, 0.2) is 91.0 Å². The maximum absolute atomic E-state index is 10.3. The molecular weight excluding hydrogens is 416 g/mol. The monoisotopic (exact) mass is 432 g/mol. The van der Waals surface area contributed by atoms with Crippen molar-refractivity contribution in [3.05, 3.63) is 91.0 Å². The summed E-state index contributed by atoms with van der Waals surface area (Å²) in [6.45, 7) is 0. The van der Waals surface area contributed by atoms with E-state index in [0.717, 1.165) is 0 Å². The van der Waals surface area contributed by atoms with Gasteiger partial charge in [0.05, 0.1) is 0 Å². The standard InChI is InChI=1S/3C6H6O.Eu/c3*7-6-4-2-1-3-5-6;/h3*1-5,7H;/q;;;+3/p-3. The average molecular weight is 431 g/mol. The first-order valence-corrected chi connectivity index (χ1v) is 6.34. The van der Waals surface area contributed by atoms with Gasteiger partial charge in [0.2, 0.25) is 0 Å². The second-order valence-electron chi connectivity index (χ2n) is 3.94. The van der Waals surface area contributed by atoms with E-state index in [2.05, 4.69) is 0 Å². The first kappa shape index (κ1) is 20.6. The molecule has 112 valence electrons. The summed E-state index contributed by atoms with van der Waals surface area (Å²) < 4.78 is 0. The summed E-state index contributed by atoms with van der Waals surface area (Å²) in [5.41, 5.74) is 0. The van der Waals surface area contributed by atoms with Crippen LogP contribution >= 0.6 is 0 Å². The number of hydrogen-bond donors (Lipinski definition) is 0. The summed E-state index contributed by atoms with van der Waals surface area (Å²) >= 11 is 0. The minimum atomic E-state index is 0. The van der Waals surface area contributed by atoms with Crippen LogP contribution in [0.4, 0.5) is 0 Å². The molecule has 0 unspecified atom stereocenters. The Hall–Kier alpha value is -1.36. The summed E-state index contributed by atoms with van der Waals surface area (Å²) in [4.78, 5) is 0. The van der Waals surface area contributed by atoms with Crippen molar-refractivity contribution in [3.8, 4) is 17.2 Å². The minimum absolute atomic E-state index is 0. The Morgan fingerprint density at radius 2 is 0.545 bits per heavy atom. The van der Waals surface area contributed by atoms with Crippen molar-refractivity contribution in [2.45, 2.75) is 0 Å². The van der Waals surface area contributed by atoms with E-state index in [1.165, 1.54) is 36.4 Å². The molecule has 3 nitrogen and oxygen atoms in total. The molecule has 0 spiro atoms. The first-order chi connectivity index (χ1) is 10.2. The molecular formula is C18H15EuO3. The number of para-hydroxylation sites is 3. The fourth-order valence-electron chi connectivity index (χ4n) is 1.26. The average Bonchev–Trinajstić information content (AvgIpc) is 2.51. The van der Waals surface area contributed by atoms with Gasteiger partial charge in [-0.1, -0.05) is 91.0 Å². The summed E-state index contributed by atoms with van der Waals surface area (Å²) in [5, 5.41) is 30.8. The Kier molecular flexibility index (Phi) is 12.5. The van der Waals surface area contributed by atoms with Crippen molar-refractivity contribution in [1.29, 1.82) is 0 Å². The van der Waals surface area contributed by atoms with Crippen molar-refractivity contribution in [2.75, 3.05) is 0 Å². The van der Waals surface area contributed by atoms with Gasteiger partial charge in [-0.05, 0) is 0 Å². The van der Waals surface area contributed by atoms with Crippen molar-refractivity contribution in [1.82, 2.24) is 0 Å². The van der Waals surface area contributed by atoms with Gasteiger partial charge in [0.15, 0.2) is 0 Å². The van der Waals surface area contributed by atoms with Gasteiger partial charge in [-0.25, -0.2) is 0 Å². The molecule has 0 fully saturated rings. The molecule has 0 heterocycles. The van der Waals surface area contributed by atoms with Crippen molar-refractivity contribution >= 4 is 0 Å². The van der Waals surface area contributed by atoms with Crippen LogP contribution in [0.3, 0.4) is 0 Å². The smallest absolute Gasteiger partial charge is 0.872 e. The third-order valence-corrected chi connectivity index (χ3v) is 2.23. The molecule has 0 aromatic heterocycles. The van der Waals surface area contributed by atoms with Gasteiger partial charge < -0.3 is 15.3 Å². The first-order valence-electron chi connectivity index (χ1n) is 6.34. The van der Waals surface area contributed by atoms with Crippen LogP contribution in [0, 0.1) is 49.4 Å². The van der Waals surface area contributed by atoms with Gasteiger partial charge in [-0.15, -0.1) is 17.2 Å². The summed E-state index contributed by atoms with van der Waals surface area (Å²) in [6.07, 6.45) is 0. The maximum Gasteiger partial charge on any atom is 3.00 e. The second kappa shape index (κ2) is 13.3. The third-order valence-electron chi connectivity index (χ3n) is 2.23. The molecule has 3 rings (SSSR count). The summed E-state index contributed by atoms with van der Waals surface area (Å²) in [5.74, 6) is 0.215. The molecule has 0 radical (unpaired) electrons. The van der Waals surface area contributed by atoms with E-state index in [1.54, 1.807) is 36.4 Å². The van der Waals surface area contributed by atoms with Crippen molar-refractivity contribution < 1.29 is 64.7 Å². The molecule has 0 aliphatic heterocycles.